The van der Waals surface area contributed by atoms with Gasteiger partial charge >= 0.3 is 0 Å². The number of hydrogen-bond donors (Lipinski definition) is 2. The number of nitrogens with zero attached hydrogens (tertiary/aromatic N) is 4. The molecule has 0 unspecified atom stereocenters. The fraction of sp³-hybridized carbons (Fsp3) is 0.115. The molecule has 2 heterocycles. The fourth-order valence-corrected chi connectivity index (χ4v) is 4.75. The number of para-hydroxylation sites is 1. The first-order valence-electron chi connectivity index (χ1n) is 11.2. The highest BCUT2D eigenvalue weighted by Gasteiger charge is 2.17. The van der Waals surface area contributed by atoms with Gasteiger partial charge in [-0.3, -0.25) is 14.9 Å². The minimum atomic E-state index is -0.433. The van der Waals surface area contributed by atoms with Crippen molar-refractivity contribution in [2.75, 3.05) is 5.32 Å². The first-order chi connectivity index (χ1) is 17.6. The van der Waals surface area contributed by atoms with E-state index in [-0.39, 0.29) is 11.2 Å². The third-order valence-electron chi connectivity index (χ3n) is 5.96. The zero-order valence-electron chi connectivity index (χ0n) is 20.0. The molecule has 0 aliphatic heterocycles. The van der Waals surface area contributed by atoms with E-state index in [4.69, 9.17) is 23.2 Å². The maximum Gasteiger partial charge on any atom is 0.270 e. The van der Waals surface area contributed by atoms with E-state index in [9.17, 15) is 14.9 Å². The van der Waals surface area contributed by atoms with Gasteiger partial charge in [0.05, 0.1) is 42.6 Å². The smallest absolute Gasteiger partial charge is 0.270 e. The van der Waals surface area contributed by atoms with Gasteiger partial charge in [-0.15, -0.1) is 0 Å². The zero-order valence-corrected chi connectivity index (χ0v) is 21.5. The van der Waals surface area contributed by atoms with Crippen molar-refractivity contribution >= 4 is 74.1 Å². The molecule has 9 nitrogen and oxygen atoms in total. The summed E-state index contributed by atoms with van der Waals surface area (Å²) in [5.41, 5.74) is 3.91. The van der Waals surface area contributed by atoms with Gasteiger partial charge in [0.1, 0.15) is 5.82 Å². The monoisotopic (exact) mass is 534 g/mol. The van der Waals surface area contributed by atoms with Crippen molar-refractivity contribution in [2.45, 2.75) is 13.8 Å². The van der Waals surface area contributed by atoms with Crippen LogP contribution in [0.3, 0.4) is 0 Å². The first kappa shape index (κ1) is 24.5. The predicted octanol–water partition coefficient (Wildman–Crippen LogP) is 6.64. The second-order valence-corrected chi connectivity index (χ2v) is 9.46. The Hall–Kier alpha value is -4.21. The Balaban J connectivity index is 1.60. The highest BCUT2D eigenvalue weighted by Crippen LogP contribution is 2.34. The number of aryl methyl sites for hydroxylation is 2. The van der Waals surface area contributed by atoms with Gasteiger partial charge in [0, 0.05) is 19.2 Å². The molecule has 0 bridgehead atoms. The second kappa shape index (κ2) is 9.34. The molecule has 0 fully saturated rings. The van der Waals surface area contributed by atoms with Crippen LogP contribution in [0, 0.1) is 17.0 Å². The largest absolute Gasteiger partial charge is 0.323 e. The molecule has 5 aromatic rings. The second-order valence-electron chi connectivity index (χ2n) is 8.64. The first-order valence-corrected chi connectivity index (χ1v) is 11.9. The van der Waals surface area contributed by atoms with Crippen molar-refractivity contribution in [1.82, 2.24) is 19.5 Å². The molecule has 2 N–H and O–H groups in total. The van der Waals surface area contributed by atoms with Crippen molar-refractivity contribution in [3.8, 4) is 0 Å². The van der Waals surface area contributed by atoms with Gasteiger partial charge < -0.3 is 14.9 Å². The minimum absolute atomic E-state index is 0.0000977. The molecule has 37 heavy (non-hydrogen) atoms. The molecule has 5 rings (SSSR count). The average Bonchev–Trinajstić information content (AvgIpc) is 3.16. The minimum Gasteiger partial charge on any atom is -0.323 e. The third-order valence-corrected chi connectivity index (χ3v) is 6.59. The van der Waals surface area contributed by atoms with E-state index >= 15 is 0 Å². The molecule has 0 atom stereocenters. The molecule has 0 saturated carbocycles. The highest BCUT2D eigenvalue weighted by molar-refractivity contribution is 6.39. The van der Waals surface area contributed by atoms with Crippen molar-refractivity contribution in [2.24, 2.45) is 7.05 Å². The number of non-ortho nitro benzene ring substituents is 1. The van der Waals surface area contributed by atoms with Crippen LogP contribution in [0.2, 0.25) is 10.0 Å². The van der Waals surface area contributed by atoms with Crippen LogP contribution < -0.4 is 10.9 Å². The van der Waals surface area contributed by atoms with Crippen molar-refractivity contribution in [3.63, 3.8) is 0 Å². The Kier molecular flexibility index (Phi) is 6.18. The SMILES string of the molecule is C/C(=C\c1cc(C)cc([N+](=O)[O-])c1)c1nc2ccc3nc(Nc4c(Cl)cccc4Cl)n(C)c3c2c(=O)[nH]1. The molecule has 0 amide bonds. The summed E-state index contributed by atoms with van der Waals surface area (Å²) in [7, 11) is 1.78. The Morgan fingerprint density at radius 3 is 2.51 bits per heavy atom. The van der Waals surface area contributed by atoms with Crippen LogP contribution in [0.4, 0.5) is 17.3 Å². The fourth-order valence-electron chi connectivity index (χ4n) is 4.26. The Bertz CT molecular complexity index is 1800. The van der Waals surface area contributed by atoms with Gasteiger partial charge in [-0.05, 0) is 60.9 Å². The van der Waals surface area contributed by atoms with Gasteiger partial charge in [-0.1, -0.05) is 35.3 Å². The predicted molar refractivity (Wildman–Crippen MR) is 148 cm³/mol. The zero-order chi connectivity index (χ0) is 26.4. The molecule has 0 spiro atoms. The number of halogens is 2. The van der Waals surface area contributed by atoms with E-state index in [1.54, 1.807) is 61.9 Å². The number of H-pyrrole nitrogens is 1. The van der Waals surface area contributed by atoms with Crippen LogP contribution in [0.1, 0.15) is 23.9 Å². The number of anilines is 2. The van der Waals surface area contributed by atoms with Crippen LogP contribution in [0.25, 0.3) is 33.6 Å². The molecule has 0 saturated heterocycles. The van der Waals surface area contributed by atoms with E-state index in [1.165, 1.54) is 12.1 Å². The van der Waals surface area contributed by atoms with Crippen LogP contribution >= 0.6 is 23.2 Å². The Labute approximate surface area is 220 Å². The van der Waals surface area contributed by atoms with E-state index in [2.05, 4.69) is 20.3 Å². The summed E-state index contributed by atoms with van der Waals surface area (Å²) in [6, 6.07) is 13.5. The molecule has 0 aliphatic rings. The molecular formula is C26H20Cl2N6O3. The molecule has 186 valence electrons. The third kappa shape index (κ3) is 4.54. The molecule has 0 aliphatic carbocycles. The Morgan fingerprint density at radius 2 is 1.81 bits per heavy atom. The highest BCUT2D eigenvalue weighted by atomic mass is 35.5. The van der Waals surface area contributed by atoms with Crippen LogP contribution in [-0.4, -0.2) is 24.4 Å². The normalized spacial score (nSPS) is 11.9. The summed E-state index contributed by atoms with van der Waals surface area (Å²) in [6.45, 7) is 3.58. The van der Waals surface area contributed by atoms with Crippen LogP contribution in [0.5, 0.6) is 0 Å². The number of benzene rings is 3. The summed E-state index contributed by atoms with van der Waals surface area (Å²) >= 11 is 12.6. The summed E-state index contributed by atoms with van der Waals surface area (Å²) < 4.78 is 1.75. The number of nitro benzene ring substituents is 1. The van der Waals surface area contributed by atoms with Gasteiger partial charge in [0.15, 0.2) is 0 Å². The molecule has 0 radical (unpaired) electrons. The number of aromatic nitrogens is 4. The van der Waals surface area contributed by atoms with E-state index in [1.807, 2.05) is 6.07 Å². The lowest BCUT2D eigenvalue weighted by molar-refractivity contribution is -0.384. The summed E-state index contributed by atoms with van der Waals surface area (Å²) in [5.74, 6) is 0.822. The topological polar surface area (TPSA) is 119 Å². The van der Waals surface area contributed by atoms with Crippen LogP contribution in [-0.2, 0) is 7.05 Å². The van der Waals surface area contributed by atoms with Crippen LogP contribution in [0.15, 0.2) is 53.3 Å². The maximum atomic E-state index is 13.3. The van der Waals surface area contributed by atoms with Crippen molar-refractivity contribution in [3.05, 3.63) is 96.0 Å². The Morgan fingerprint density at radius 1 is 1.11 bits per heavy atom. The van der Waals surface area contributed by atoms with Crippen molar-refractivity contribution < 1.29 is 4.92 Å². The van der Waals surface area contributed by atoms with Crippen molar-refractivity contribution in [1.29, 1.82) is 0 Å². The van der Waals surface area contributed by atoms with E-state index in [0.717, 1.165) is 5.56 Å². The molecule has 2 aromatic heterocycles. The lowest BCUT2D eigenvalue weighted by Gasteiger charge is -2.10. The number of rotatable bonds is 5. The quantitative estimate of drug-likeness (QED) is 0.192. The average molecular weight is 535 g/mol. The number of hydrogen-bond acceptors (Lipinski definition) is 6. The summed E-state index contributed by atoms with van der Waals surface area (Å²) in [4.78, 5) is 36.2. The number of nitrogens with one attached hydrogen (secondary N) is 2. The van der Waals surface area contributed by atoms with Gasteiger partial charge in [0.25, 0.3) is 11.2 Å². The number of allylic oxidation sites excluding steroid dienone is 1. The number of nitro groups is 1. The summed E-state index contributed by atoms with van der Waals surface area (Å²) in [5, 5.41) is 15.6. The van der Waals surface area contributed by atoms with Gasteiger partial charge in [-0.2, -0.15) is 0 Å². The van der Waals surface area contributed by atoms with Gasteiger partial charge in [-0.25, -0.2) is 9.97 Å². The lowest BCUT2D eigenvalue weighted by atomic mass is 10.1. The number of aromatic amines is 1. The van der Waals surface area contributed by atoms with E-state index in [0.29, 0.717) is 60.6 Å². The van der Waals surface area contributed by atoms with Gasteiger partial charge in [0.2, 0.25) is 5.95 Å². The summed E-state index contributed by atoms with van der Waals surface area (Å²) in [6.07, 6.45) is 1.75. The molecule has 3 aromatic carbocycles. The lowest BCUT2D eigenvalue weighted by Crippen LogP contribution is -2.12. The maximum absolute atomic E-state index is 13.3. The standard InChI is InChI=1S/C26H20Cl2N6O3/c1-13-9-15(12-16(10-13)34(36)37)11-14(2)24-29-19-7-8-20-23(21(19)25(35)32-24)33(3)26(30-20)31-22-17(27)5-4-6-18(22)28/h4-12H,1-3H3,(H,30,31)(H,29,32,35)/b14-11+. The van der Waals surface area contributed by atoms with E-state index < -0.39 is 4.92 Å². The molecular weight excluding hydrogens is 515 g/mol. The number of imidazole rings is 1. The molecule has 11 heteroatoms. The number of fused-ring (bicyclic) bond motifs is 3.